The number of nitrogens with zero attached hydrogens (tertiary/aromatic N) is 2. The SMILES string of the molecule is C.CC(=O)[O-].CO[Si](CCCSCCn1cc[n+](C)c1)(OC)OC. The van der Waals surface area contributed by atoms with Gasteiger partial charge in [-0.15, -0.1) is 0 Å². The minimum atomic E-state index is -2.36. The van der Waals surface area contributed by atoms with Gasteiger partial charge in [-0.2, -0.15) is 11.8 Å². The number of carbonyl (C=O) groups excluding carboxylic acids is 1. The van der Waals surface area contributed by atoms with E-state index >= 15 is 0 Å². The number of rotatable bonds is 10. The molecule has 24 heavy (non-hydrogen) atoms. The first kappa shape index (κ1) is 25.4. The molecule has 0 aliphatic carbocycles. The predicted molar refractivity (Wildman–Crippen MR) is 96.6 cm³/mol. The predicted octanol–water partition coefficient (Wildman–Crippen LogP) is 0.706. The van der Waals surface area contributed by atoms with Crippen LogP contribution >= 0.6 is 11.8 Å². The molecule has 0 spiro atoms. The lowest BCUT2D eigenvalue weighted by atomic mass is 10.6. The first-order chi connectivity index (χ1) is 10.9. The lowest BCUT2D eigenvalue weighted by Crippen LogP contribution is -2.42. The first-order valence-electron chi connectivity index (χ1n) is 7.31. The smallest absolute Gasteiger partial charge is 0.500 e. The van der Waals surface area contributed by atoms with Gasteiger partial charge in [0.05, 0.1) is 13.6 Å². The Hall–Kier alpha value is -0.873. The fraction of sp³-hybridized carbons (Fsp3) is 0.733. The number of aromatic nitrogens is 2. The lowest BCUT2D eigenvalue weighted by Gasteiger charge is -2.24. The van der Waals surface area contributed by atoms with Crippen molar-refractivity contribution in [3.05, 3.63) is 18.7 Å². The maximum absolute atomic E-state index is 8.89. The van der Waals surface area contributed by atoms with E-state index in [0.717, 1.165) is 37.4 Å². The second-order valence-corrected chi connectivity index (χ2v) is 9.14. The molecular weight excluding hydrogens is 348 g/mol. The van der Waals surface area contributed by atoms with Crippen LogP contribution in [0.25, 0.3) is 0 Å². The summed E-state index contributed by atoms with van der Waals surface area (Å²) >= 11 is 1.95. The van der Waals surface area contributed by atoms with Crippen LogP contribution in [0.1, 0.15) is 20.8 Å². The Bertz CT molecular complexity index is 429. The van der Waals surface area contributed by atoms with Gasteiger partial charge in [-0.1, -0.05) is 7.43 Å². The molecule has 7 nitrogen and oxygen atoms in total. The Morgan fingerprint density at radius 2 is 1.79 bits per heavy atom. The van der Waals surface area contributed by atoms with Gasteiger partial charge in [0, 0.05) is 39.1 Å². The molecule has 0 aliphatic heterocycles. The van der Waals surface area contributed by atoms with Crippen LogP contribution in [0, 0.1) is 0 Å². The van der Waals surface area contributed by atoms with E-state index in [4.69, 9.17) is 23.2 Å². The van der Waals surface area contributed by atoms with Crippen LogP contribution in [0.2, 0.25) is 6.04 Å². The zero-order valence-corrected chi connectivity index (χ0v) is 16.4. The van der Waals surface area contributed by atoms with Crippen LogP contribution in [0.3, 0.4) is 0 Å². The van der Waals surface area contributed by atoms with Crippen LogP contribution in [-0.4, -0.2) is 52.2 Å². The molecule has 0 bridgehead atoms. The molecule has 0 saturated heterocycles. The number of imidazole rings is 1. The molecule has 0 unspecified atom stereocenters. The van der Waals surface area contributed by atoms with Gasteiger partial charge in [-0.25, -0.2) is 9.13 Å². The quantitative estimate of drug-likeness (QED) is 0.338. The zero-order valence-electron chi connectivity index (χ0n) is 14.6. The Labute approximate surface area is 151 Å². The largest absolute Gasteiger partial charge is 0.550 e. The van der Waals surface area contributed by atoms with Gasteiger partial charge in [0.25, 0.3) is 0 Å². The Kier molecular flexibility index (Phi) is 15.3. The molecule has 0 atom stereocenters. The van der Waals surface area contributed by atoms with Crippen molar-refractivity contribution < 1.29 is 27.7 Å². The summed E-state index contributed by atoms with van der Waals surface area (Å²) in [6, 6.07) is 0.877. The zero-order chi connectivity index (χ0) is 17.7. The van der Waals surface area contributed by atoms with Gasteiger partial charge in [-0.3, -0.25) is 0 Å². The van der Waals surface area contributed by atoms with E-state index in [-0.39, 0.29) is 7.43 Å². The summed E-state index contributed by atoms with van der Waals surface area (Å²) in [6.45, 7) is 2.02. The second-order valence-electron chi connectivity index (χ2n) is 4.82. The Morgan fingerprint density at radius 3 is 2.21 bits per heavy atom. The van der Waals surface area contributed by atoms with Crippen LogP contribution in [0.15, 0.2) is 18.7 Å². The van der Waals surface area contributed by atoms with Gasteiger partial charge < -0.3 is 23.2 Å². The summed E-state index contributed by atoms with van der Waals surface area (Å²) in [6.07, 6.45) is 7.31. The minimum Gasteiger partial charge on any atom is -0.550 e. The average Bonchev–Trinajstić information content (AvgIpc) is 2.92. The van der Waals surface area contributed by atoms with E-state index in [1.165, 1.54) is 0 Å². The Morgan fingerprint density at radius 1 is 1.25 bits per heavy atom. The number of carbonyl (C=O) groups is 1. The van der Waals surface area contributed by atoms with E-state index in [9.17, 15) is 0 Å². The second kappa shape index (κ2) is 14.5. The molecule has 0 amide bonds. The monoisotopic (exact) mass is 380 g/mol. The summed E-state index contributed by atoms with van der Waals surface area (Å²) in [5.41, 5.74) is 0. The normalized spacial score (nSPS) is 10.5. The summed E-state index contributed by atoms with van der Waals surface area (Å²) in [4.78, 5) is 8.89. The number of aliphatic carboxylic acids is 1. The number of carboxylic acid groups (broad SMARTS) is 1. The molecule has 0 aromatic carbocycles. The molecule has 142 valence electrons. The third kappa shape index (κ3) is 11.6. The van der Waals surface area contributed by atoms with E-state index in [1.54, 1.807) is 21.3 Å². The van der Waals surface area contributed by atoms with Crippen molar-refractivity contribution in [1.82, 2.24) is 4.57 Å². The molecule has 0 saturated carbocycles. The van der Waals surface area contributed by atoms with Crippen molar-refractivity contribution in [2.24, 2.45) is 7.05 Å². The van der Waals surface area contributed by atoms with Crippen molar-refractivity contribution in [1.29, 1.82) is 0 Å². The molecule has 0 N–H and O–H groups in total. The maximum Gasteiger partial charge on any atom is 0.500 e. The third-order valence-corrected chi connectivity index (χ3v) is 6.90. The van der Waals surface area contributed by atoms with Crippen LogP contribution in [0.4, 0.5) is 0 Å². The number of thioether (sulfide) groups is 1. The highest BCUT2D eigenvalue weighted by molar-refractivity contribution is 7.99. The summed E-state index contributed by atoms with van der Waals surface area (Å²) in [7, 11) is 4.67. The van der Waals surface area contributed by atoms with Crippen LogP contribution < -0.4 is 9.67 Å². The molecule has 1 rings (SSSR count). The van der Waals surface area contributed by atoms with Crippen molar-refractivity contribution in [3.8, 4) is 0 Å². The highest BCUT2D eigenvalue weighted by Crippen LogP contribution is 2.17. The molecule has 1 aromatic heterocycles. The van der Waals surface area contributed by atoms with E-state index in [1.807, 2.05) is 18.8 Å². The van der Waals surface area contributed by atoms with Crippen LogP contribution in [0.5, 0.6) is 0 Å². The number of aryl methyl sites for hydroxylation is 2. The van der Waals surface area contributed by atoms with E-state index < -0.39 is 14.8 Å². The first-order valence-corrected chi connectivity index (χ1v) is 10.4. The summed E-state index contributed by atoms with van der Waals surface area (Å²) in [5.74, 6) is 1.15. The van der Waals surface area contributed by atoms with E-state index in [2.05, 4.69) is 27.9 Å². The molecule has 1 heterocycles. The highest BCUT2D eigenvalue weighted by atomic mass is 32.2. The minimum absolute atomic E-state index is 0. The lowest BCUT2D eigenvalue weighted by molar-refractivity contribution is -0.671. The van der Waals surface area contributed by atoms with Crippen molar-refractivity contribution in [2.45, 2.75) is 33.4 Å². The molecule has 0 fully saturated rings. The summed E-state index contributed by atoms with van der Waals surface area (Å²) < 4.78 is 20.4. The van der Waals surface area contributed by atoms with Crippen molar-refractivity contribution >= 4 is 26.5 Å². The van der Waals surface area contributed by atoms with Crippen molar-refractivity contribution in [3.63, 3.8) is 0 Å². The van der Waals surface area contributed by atoms with Gasteiger partial charge in [0.15, 0.2) is 0 Å². The van der Waals surface area contributed by atoms with Gasteiger partial charge >= 0.3 is 8.80 Å². The fourth-order valence-electron chi connectivity index (χ4n) is 1.85. The van der Waals surface area contributed by atoms with Gasteiger partial charge in [-0.05, 0) is 19.1 Å². The van der Waals surface area contributed by atoms with Gasteiger partial charge in [0.2, 0.25) is 6.33 Å². The number of carboxylic acids is 1. The molecule has 1 aromatic rings. The fourth-order valence-corrected chi connectivity index (χ4v) is 4.72. The molecule has 0 aliphatic rings. The average molecular weight is 381 g/mol. The highest BCUT2D eigenvalue weighted by Gasteiger charge is 2.36. The Balaban J connectivity index is 0. The maximum atomic E-state index is 8.89. The number of hydrogen-bond donors (Lipinski definition) is 0. The van der Waals surface area contributed by atoms with Gasteiger partial charge in [0.1, 0.15) is 12.4 Å². The molecule has 9 heteroatoms. The molecule has 0 radical (unpaired) electrons. The third-order valence-electron chi connectivity index (χ3n) is 3.02. The van der Waals surface area contributed by atoms with Crippen LogP contribution in [-0.2, 0) is 31.7 Å². The summed E-state index contributed by atoms with van der Waals surface area (Å²) in [5, 5.41) is 8.89. The standard InChI is InChI=1S/C12H25N2O3SSi.C2H4O2.CH4/c1-13-6-7-14(12-13)8-10-18-9-5-11-19(15-2,16-3)17-4;1-2(3)4;/h6-7,12H,5,8-11H2,1-4H3;1H3,(H,3,4);1H4/q+1;;/p-1. The van der Waals surface area contributed by atoms with Crippen molar-refractivity contribution in [2.75, 3.05) is 32.8 Å². The molecular formula is C15H32N2O5SSi. The van der Waals surface area contributed by atoms with E-state index in [0.29, 0.717) is 0 Å². The topological polar surface area (TPSA) is 76.6 Å². The number of hydrogen-bond acceptors (Lipinski definition) is 6.